The van der Waals surface area contributed by atoms with E-state index < -0.39 is 11.7 Å². The number of primary amides is 1. The van der Waals surface area contributed by atoms with Crippen molar-refractivity contribution in [1.29, 1.82) is 0 Å². The van der Waals surface area contributed by atoms with Crippen molar-refractivity contribution in [2.75, 3.05) is 12.4 Å². The molecule has 9 heteroatoms. The predicted molar refractivity (Wildman–Crippen MR) is 88.3 cm³/mol. The summed E-state index contributed by atoms with van der Waals surface area (Å²) in [5.41, 5.74) is 6.64. The van der Waals surface area contributed by atoms with Crippen LogP contribution >= 0.6 is 11.6 Å². The zero-order valence-corrected chi connectivity index (χ0v) is 13.5. The number of halogens is 2. The molecule has 1 amide bonds. The number of nitrogens with two attached hydrogens (primary N) is 1. The number of hydrogen-bond acceptors (Lipinski definition) is 4. The molecule has 7 nitrogen and oxygen atoms in total. The normalized spacial score (nSPS) is 10.5. The van der Waals surface area contributed by atoms with Crippen LogP contribution in [0.25, 0.3) is 11.0 Å². The number of nitrogens with zero attached hydrogens (tertiary/aromatic N) is 3. The number of benzene rings is 1. The van der Waals surface area contributed by atoms with Crippen molar-refractivity contribution in [1.82, 2.24) is 19.7 Å². The van der Waals surface area contributed by atoms with Crippen molar-refractivity contribution in [3.8, 4) is 11.8 Å². The Hall–Kier alpha value is -3.05. The molecule has 0 saturated carbocycles. The van der Waals surface area contributed by atoms with Gasteiger partial charge in [-0.3, -0.25) is 9.89 Å². The van der Waals surface area contributed by atoms with Gasteiger partial charge >= 0.3 is 0 Å². The molecule has 0 fully saturated rings. The highest BCUT2D eigenvalue weighted by atomic mass is 35.5. The van der Waals surface area contributed by atoms with Crippen molar-refractivity contribution in [2.45, 2.75) is 0 Å². The van der Waals surface area contributed by atoms with Crippen LogP contribution in [0.4, 0.5) is 10.2 Å². The van der Waals surface area contributed by atoms with Gasteiger partial charge in [0.15, 0.2) is 11.6 Å². The van der Waals surface area contributed by atoms with E-state index in [1.807, 2.05) is 0 Å². The number of carbonyl (C=O) groups excluding carboxylic acids is 1. The molecule has 0 bridgehead atoms. The summed E-state index contributed by atoms with van der Waals surface area (Å²) in [6, 6.07) is 1.58. The van der Waals surface area contributed by atoms with E-state index in [0.29, 0.717) is 11.0 Å². The summed E-state index contributed by atoms with van der Waals surface area (Å²) in [6.07, 6.45) is 1.49. The molecule has 0 spiro atoms. The molecule has 0 atom stereocenters. The number of imidazole rings is 1. The Balaban J connectivity index is 2.13. The van der Waals surface area contributed by atoms with Gasteiger partial charge in [-0.25, -0.2) is 9.37 Å². The van der Waals surface area contributed by atoms with Gasteiger partial charge in [0.2, 0.25) is 0 Å². The third-order valence-electron chi connectivity index (χ3n) is 3.46. The Bertz CT molecular complexity index is 1030. The lowest BCUT2D eigenvalue weighted by Gasteiger charge is -2.01. The van der Waals surface area contributed by atoms with Gasteiger partial charge in [-0.15, -0.1) is 0 Å². The van der Waals surface area contributed by atoms with E-state index in [2.05, 4.69) is 32.3 Å². The second kappa shape index (κ2) is 5.86. The van der Waals surface area contributed by atoms with E-state index in [-0.39, 0.29) is 27.7 Å². The third kappa shape index (κ3) is 2.45. The highest BCUT2D eigenvalue weighted by Crippen LogP contribution is 2.27. The molecule has 0 aliphatic carbocycles. The fraction of sp³-hybridized carbons (Fsp3) is 0.133. The summed E-state index contributed by atoms with van der Waals surface area (Å²) >= 11 is 6.05. The summed E-state index contributed by atoms with van der Waals surface area (Å²) in [7, 11) is 3.27. The van der Waals surface area contributed by atoms with E-state index >= 15 is 0 Å². The molecule has 2 aromatic heterocycles. The van der Waals surface area contributed by atoms with Crippen LogP contribution in [0.5, 0.6) is 0 Å². The average molecular weight is 347 g/mol. The lowest BCUT2D eigenvalue weighted by molar-refractivity contribution is 0.100. The van der Waals surface area contributed by atoms with Crippen molar-refractivity contribution in [3.63, 3.8) is 0 Å². The first-order valence-corrected chi connectivity index (χ1v) is 7.18. The van der Waals surface area contributed by atoms with Gasteiger partial charge in [0.1, 0.15) is 16.8 Å². The molecule has 122 valence electrons. The Morgan fingerprint density at radius 3 is 2.92 bits per heavy atom. The van der Waals surface area contributed by atoms with Crippen LogP contribution in [-0.4, -0.2) is 32.7 Å². The largest absolute Gasteiger partial charge is 0.371 e. The molecule has 4 N–H and O–H groups in total. The van der Waals surface area contributed by atoms with Gasteiger partial charge < -0.3 is 15.6 Å². The number of nitrogens with one attached hydrogen (secondary N) is 2. The molecule has 1 aromatic carbocycles. The first kappa shape index (κ1) is 15.8. The minimum Gasteiger partial charge on any atom is -0.371 e. The third-order valence-corrected chi connectivity index (χ3v) is 3.82. The molecule has 24 heavy (non-hydrogen) atoms. The fourth-order valence-corrected chi connectivity index (χ4v) is 2.51. The van der Waals surface area contributed by atoms with Crippen LogP contribution in [-0.2, 0) is 7.05 Å². The number of anilines is 1. The van der Waals surface area contributed by atoms with Crippen molar-refractivity contribution < 1.29 is 9.18 Å². The van der Waals surface area contributed by atoms with Gasteiger partial charge in [0.25, 0.3) is 5.91 Å². The maximum atomic E-state index is 14.4. The number of amides is 1. The number of rotatable bonds is 2. The summed E-state index contributed by atoms with van der Waals surface area (Å²) in [5.74, 6) is 4.43. The highest BCUT2D eigenvalue weighted by molar-refractivity contribution is 6.32. The zero-order valence-electron chi connectivity index (χ0n) is 12.7. The number of carbonyl (C=O) groups is 1. The molecule has 0 aliphatic rings. The summed E-state index contributed by atoms with van der Waals surface area (Å²) in [6.45, 7) is 0. The Morgan fingerprint density at radius 2 is 2.25 bits per heavy atom. The van der Waals surface area contributed by atoms with Gasteiger partial charge in [-0.2, -0.15) is 5.10 Å². The van der Waals surface area contributed by atoms with Crippen LogP contribution < -0.4 is 11.1 Å². The minimum atomic E-state index is -0.685. The number of H-pyrrole nitrogens is 1. The topological polar surface area (TPSA) is 102 Å². The molecule has 0 unspecified atom stereocenters. The minimum absolute atomic E-state index is 0.118. The number of fused-ring (bicyclic) bond motifs is 1. The van der Waals surface area contributed by atoms with Crippen LogP contribution in [0.1, 0.15) is 21.6 Å². The number of hydrogen-bond donors (Lipinski definition) is 3. The summed E-state index contributed by atoms with van der Waals surface area (Å²) < 4.78 is 15.9. The smallest absolute Gasteiger partial charge is 0.255 e. The van der Waals surface area contributed by atoms with Crippen LogP contribution in [0.15, 0.2) is 12.4 Å². The number of aromatic nitrogens is 4. The number of aryl methyl sites for hydroxylation is 1. The van der Waals surface area contributed by atoms with Gasteiger partial charge in [-0.05, 0) is 12.0 Å². The maximum absolute atomic E-state index is 14.4. The van der Waals surface area contributed by atoms with E-state index in [1.165, 1.54) is 10.9 Å². The first-order valence-electron chi connectivity index (χ1n) is 6.81. The lowest BCUT2D eigenvalue weighted by Crippen LogP contribution is -2.13. The monoisotopic (exact) mass is 346 g/mol. The molecule has 0 radical (unpaired) electrons. The zero-order chi connectivity index (χ0) is 17.4. The standard InChI is InChI=1S/C15H12ClFN6O/c1-19-15-10(14(18)24)8(21-22-15)4-3-7-5-9-13(12(17)11(7)16)23(2)6-20-9/h5-6H,1-2H3,(H2,18,24)(H2,19,21,22). The SMILES string of the molecule is CNc1n[nH]c(C#Cc2cc3ncn(C)c3c(F)c2Cl)c1C(N)=O. The van der Waals surface area contributed by atoms with E-state index in [0.717, 1.165) is 0 Å². The average Bonchev–Trinajstić information content (AvgIpc) is 3.13. The van der Waals surface area contributed by atoms with Crippen molar-refractivity contribution >= 4 is 34.4 Å². The van der Waals surface area contributed by atoms with Gasteiger partial charge in [0.05, 0.1) is 16.9 Å². The Morgan fingerprint density at radius 1 is 1.50 bits per heavy atom. The second-order valence-electron chi connectivity index (χ2n) is 4.96. The fourth-order valence-electron chi connectivity index (χ4n) is 2.32. The van der Waals surface area contributed by atoms with Gasteiger partial charge in [-0.1, -0.05) is 17.5 Å². The molecule has 3 aromatic rings. The lowest BCUT2D eigenvalue weighted by atomic mass is 10.1. The quantitative estimate of drug-likeness (QED) is 0.614. The van der Waals surface area contributed by atoms with Crippen LogP contribution in [0, 0.1) is 17.7 Å². The predicted octanol–water partition coefficient (Wildman–Crippen LogP) is 1.63. The molecule has 0 aliphatic heterocycles. The molecule has 3 rings (SSSR count). The van der Waals surface area contributed by atoms with Gasteiger partial charge in [0, 0.05) is 19.7 Å². The number of aromatic amines is 1. The maximum Gasteiger partial charge on any atom is 0.255 e. The molecular weight excluding hydrogens is 335 g/mol. The van der Waals surface area contributed by atoms with Crippen molar-refractivity contribution in [3.05, 3.63) is 40.1 Å². The second-order valence-corrected chi connectivity index (χ2v) is 5.34. The summed E-state index contributed by atoms with van der Waals surface area (Å²) in [4.78, 5) is 15.6. The van der Waals surface area contributed by atoms with E-state index in [9.17, 15) is 9.18 Å². The molecule has 2 heterocycles. The Kier molecular flexibility index (Phi) is 3.87. The summed E-state index contributed by atoms with van der Waals surface area (Å²) in [5, 5.41) is 9.12. The van der Waals surface area contributed by atoms with Crippen molar-refractivity contribution in [2.24, 2.45) is 12.8 Å². The Labute approximate surface area is 141 Å². The van der Waals surface area contributed by atoms with E-state index in [4.69, 9.17) is 17.3 Å². The van der Waals surface area contributed by atoms with Crippen LogP contribution in [0.2, 0.25) is 5.02 Å². The van der Waals surface area contributed by atoms with Crippen LogP contribution in [0.3, 0.4) is 0 Å². The highest BCUT2D eigenvalue weighted by Gasteiger charge is 2.17. The molecular formula is C15H12ClFN6O. The molecule has 0 saturated heterocycles. The first-order chi connectivity index (χ1) is 11.4. The van der Waals surface area contributed by atoms with E-state index in [1.54, 1.807) is 20.2 Å².